The largest absolute Gasteiger partial charge is 0.493 e. The Morgan fingerprint density at radius 3 is 2.14 bits per heavy atom. The highest BCUT2D eigenvalue weighted by Crippen LogP contribution is 2.32. The number of rotatable bonds is 7. The molecule has 1 aromatic heterocycles. The van der Waals surface area contributed by atoms with Gasteiger partial charge in [-0.05, 0) is 24.3 Å². The van der Waals surface area contributed by atoms with Crippen LogP contribution in [-0.2, 0) is 0 Å². The second kappa shape index (κ2) is 9.00. The summed E-state index contributed by atoms with van der Waals surface area (Å²) in [7, 11) is 0. The molecule has 28 heavy (non-hydrogen) atoms. The number of nitrogens with zero attached hydrogens (tertiary/aromatic N) is 1. The van der Waals surface area contributed by atoms with Crippen LogP contribution in [0, 0.1) is 0 Å². The van der Waals surface area contributed by atoms with Gasteiger partial charge in [0.25, 0.3) is 0 Å². The summed E-state index contributed by atoms with van der Waals surface area (Å²) in [5, 5.41) is 1.59. The lowest BCUT2D eigenvalue weighted by molar-refractivity contribution is 0.344. The van der Waals surface area contributed by atoms with Gasteiger partial charge in [0.2, 0.25) is 0 Å². The van der Waals surface area contributed by atoms with Crippen molar-refractivity contribution in [1.29, 1.82) is 0 Å². The zero-order valence-electron chi connectivity index (χ0n) is 15.1. The summed E-state index contributed by atoms with van der Waals surface area (Å²) in [6.07, 6.45) is 0. The molecule has 140 valence electrons. The van der Waals surface area contributed by atoms with E-state index >= 15 is 0 Å². The molecule has 4 aromatic rings. The molecule has 0 aliphatic heterocycles. The Morgan fingerprint density at radius 2 is 1.46 bits per heavy atom. The third kappa shape index (κ3) is 4.58. The fraction of sp³-hybridized carbons (Fsp3) is 0.0870. The fourth-order valence-electron chi connectivity index (χ4n) is 2.87. The Hall–Kier alpha value is -2.69. The molecule has 0 bridgehead atoms. The van der Waals surface area contributed by atoms with E-state index < -0.39 is 0 Å². The van der Waals surface area contributed by atoms with E-state index in [1.807, 2.05) is 60.7 Å². The average Bonchev–Trinajstić information content (AvgIpc) is 3.18. The van der Waals surface area contributed by atoms with Crippen molar-refractivity contribution in [3.05, 3.63) is 90.0 Å². The van der Waals surface area contributed by atoms with Crippen LogP contribution in [0.3, 0.4) is 0 Å². The fourth-order valence-corrected chi connectivity index (χ4v) is 3.68. The van der Waals surface area contributed by atoms with Crippen LogP contribution in [0.15, 0.2) is 90.1 Å². The average molecular weight is 407 g/mol. The number of aromatic amines is 1. The molecule has 0 spiro atoms. The van der Waals surface area contributed by atoms with Crippen molar-refractivity contribution in [1.82, 2.24) is 9.97 Å². The number of H-pyrrole nitrogens is 1. The molecule has 0 atom stereocenters. The van der Waals surface area contributed by atoms with Crippen LogP contribution in [-0.4, -0.2) is 22.3 Å². The smallest absolute Gasteiger partial charge is 0.166 e. The van der Waals surface area contributed by atoms with Gasteiger partial charge in [-0.1, -0.05) is 84.0 Å². The van der Waals surface area contributed by atoms with Crippen molar-refractivity contribution in [3.8, 4) is 28.3 Å². The maximum atomic E-state index is 5.90. The highest BCUT2D eigenvalue weighted by molar-refractivity contribution is 7.99. The quantitative estimate of drug-likeness (QED) is 0.278. The van der Waals surface area contributed by atoms with E-state index in [9.17, 15) is 0 Å². The van der Waals surface area contributed by atoms with E-state index in [4.69, 9.17) is 21.3 Å². The minimum absolute atomic E-state index is 0.592. The van der Waals surface area contributed by atoms with E-state index in [1.165, 1.54) is 0 Å². The molecule has 5 heteroatoms. The summed E-state index contributed by atoms with van der Waals surface area (Å²) in [5.41, 5.74) is 4.22. The molecule has 0 aliphatic rings. The van der Waals surface area contributed by atoms with Crippen molar-refractivity contribution in [2.75, 3.05) is 12.4 Å². The topological polar surface area (TPSA) is 37.9 Å². The van der Waals surface area contributed by atoms with Gasteiger partial charge in [0, 0.05) is 21.9 Å². The lowest BCUT2D eigenvalue weighted by Gasteiger charge is -2.04. The molecule has 4 rings (SSSR count). The first kappa shape index (κ1) is 18.7. The Labute approximate surface area is 173 Å². The van der Waals surface area contributed by atoms with E-state index in [0.717, 1.165) is 39.2 Å². The summed E-state index contributed by atoms with van der Waals surface area (Å²) in [5.74, 6) is 1.61. The summed E-state index contributed by atoms with van der Waals surface area (Å²) in [6.45, 7) is 0.592. The van der Waals surface area contributed by atoms with Crippen molar-refractivity contribution >= 4 is 23.4 Å². The van der Waals surface area contributed by atoms with Gasteiger partial charge in [-0.15, -0.1) is 0 Å². The normalized spacial score (nSPS) is 10.8. The Bertz CT molecular complexity index is 961. The minimum atomic E-state index is 0.592. The van der Waals surface area contributed by atoms with E-state index in [1.54, 1.807) is 11.8 Å². The van der Waals surface area contributed by atoms with Crippen LogP contribution in [0.25, 0.3) is 22.5 Å². The molecule has 3 nitrogen and oxygen atoms in total. The van der Waals surface area contributed by atoms with Crippen LogP contribution in [0.1, 0.15) is 0 Å². The summed E-state index contributed by atoms with van der Waals surface area (Å²) in [6, 6.07) is 27.9. The number of thioether (sulfide) groups is 1. The molecule has 1 N–H and O–H groups in total. The van der Waals surface area contributed by atoms with Crippen molar-refractivity contribution < 1.29 is 4.74 Å². The second-order valence-electron chi connectivity index (χ2n) is 6.15. The van der Waals surface area contributed by atoms with Crippen molar-refractivity contribution in [2.45, 2.75) is 5.16 Å². The molecule has 0 unspecified atom stereocenters. The number of aromatic nitrogens is 2. The highest BCUT2D eigenvalue weighted by atomic mass is 35.5. The summed E-state index contributed by atoms with van der Waals surface area (Å²) >= 11 is 7.55. The standard InChI is InChI=1S/C23H19ClN2OS/c24-19-11-13-20(14-12-19)27-15-16-28-23-25-21(17-7-3-1-4-8-17)22(26-23)18-9-5-2-6-10-18/h1-14H,15-16H2,(H,25,26). The third-order valence-electron chi connectivity index (χ3n) is 4.20. The van der Waals surface area contributed by atoms with E-state index in [0.29, 0.717) is 11.6 Å². The molecule has 3 aromatic carbocycles. The maximum Gasteiger partial charge on any atom is 0.166 e. The molecular weight excluding hydrogens is 388 g/mol. The third-order valence-corrected chi connectivity index (χ3v) is 5.29. The van der Waals surface area contributed by atoms with Gasteiger partial charge in [0.15, 0.2) is 5.16 Å². The maximum absolute atomic E-state index is 5.90. The molecule has 0 fully saturated rings. The zero-order valence-corrected chi connectivity index (χ0v) is 16.7. The van der Waals surface area contributed by atoms with Gasteiger partial charge in [-0.25, -0.2) is 4.98 Å². The predicted octanol–water partition coefficient (Wildman–Crippen LogP) is 6.57. The zero-order chi connectivity index (χ0) is 19.2. The van der Waals surface area contributed by atoms with Crippen LogP contribution in [0.4, 0.5) is 0 Å². The molecule has 1 heterocycles. The van der Waals surface area contributed by atoms with Gasteiger partial charge in [-0.2, -0.15) is 0 Å². The SMILES string of the molecule is Clc1ccc(OCCSc2nc(-c3ccccc3)c(-c3ccccc3)[nH]2)cc1. The number of ether oxygens (including phenoxy) is 1. The number of hydrogen-bond acceptors (Lipinski definition) is 3. The van der Waals surface area contributed by atoms with Crippen LogP contribution in [0.5, 0.6) is 5.75 Å². The second-order valence-corrected chi connectivity index (χ2v) is 7.67. The van der Waals surface area contributed by atoms with Crippen molar-refractivity contribution in [3.63, 3.8) is 0 Å². The van der Waals surface area contributed by atoms with Gasteiger partial charge in [-0.3, -0.25) is 0 Å². The van der Waals surface area contributed by atoms with Crippen molar-refractivity contribution in [2.24, 2.45) is 0 Å². The predicted molar refractivity (Wildman–Crippen MR) is 117 cm³/mol. The number of halogens is 1. The summed E-state index contributed by atoms with van der Waals surface area (Å²) in [4.78, 5) is 8.33. The number of nitrogens with one attached hydrogen (secondary N) is 1. The molecule has 0 saturated carbocycles. The van der Waals surface area contributed by atoms with Gasteiger partial charge in [0.05, 0.1) is 18.0 Å². The Morgan fingerprint density at radius 1 is 0.821 bits per heavy atom. The van der Waals surface area contributed by atoms with Crippen LogP contribution >= 0.6 is 23.4 Å². The first-order valence-electron chi connectivity index (χ1n) is 9.01. The molecule has 0 aliphatic carbocycles. The highest BCUT2D eigenvalue weighted by Gasteiger charge is 2.14. The van der Waals surface area contributed by atoms with Gasteiger partial charge < -0.3 is 9.72 Å². The number of hydrogen-bond donors (Lipinski definition) is 1. The van der Waals surface area contributed by atoms with E-state index in [-0.39, 0.29) is 0 Å². The van der Waals surface area contributed by atoms with Gasteiger partial charge >= 0.3 is 0 Å². The number of benzene rings is 3. The monoisotopic (exact) mass is 406 g/mol. The van der Waals surface area contributed by atoms with Gasteiger partial charge in [0.1, 0.15) is 5.75 Å². The molecular formula is C23H19ClN2OS. The number of imidazole rings is 1. The first-order chi connectivity index (χ1) is 13.8. The van der Waals surface area contributed by atoms with E-state index in [2.05, 4.69) is 29.2 Å². The molecule has 0 amide bonds. The Kier molecular flexibility index (Phi) is 6.00. The summed E-state index contributed by atoms with van der Waals surface area (Å²) < 4.78 is 5.77. The Balaban J connectivity index is 1.48. The first-order valence-corrected chi connectivity index (χ1v) is 10.4. The van der Waals surface area contributed by atoms with Crippen LogP contribution < -0.4 is 4.74 Å². The molecule has 0 saturated heterocycles. The lowest BCUT2D eigenvalue weighted by atomic mass is 10.1. The minimum Gasteiger partial charge on any atom is -0.493 e. The lowest BCUT2D eigenvalue weighted by Crippen LogP contribution is -2.00. The van der Waals surface area contributed by atoms with Crippen LogP contribution in [0.2, 0.25) is 5.02 Å². The molecule has 0 radical (unpaired) electrons.